The first-order valence-corrected chi connectivity index (χ1v) is 33.4. The van der Waals surface area contributed by atoms with Crippen molar-refractivity contribution in [3.8, 4) is 0 Å². The summed E-state index contributed by atoms with van der Waals surface area (Å²) in [5.41, 5.74) is -0.883. The lowest BCUT2D eigenvalue weighted by Crippen LogP contribution is -2.63. The molecule has 0 saturated carbocycles. The Kier molecular flexibility index (Phi) is 25.9. The van der Waals surface area contributed by atoms with E-state index in [2.05, 4.69) is 0 Å². The van der Waals surface area contributed by atoms with Crippen LogP contribution in [0.1, 0.15) is 82.9 Å². The topological polar surface area (TPSA) is 405 Å². The quantitative estimate of drug-likeness (QED) is 0.0293. The Morgan fingerprint density at radius 1 is 0.330 bits per heavy atom. The number of hydrogen-bond donors (Lipinski definition) is 3. The van der Waals surface area contributed by atoms with Gasteiger partial charge in [0.15, 0.2) is 61.2 Å². The highest BCUT2D eigenvalue weighted by Gasteiger charge is 2.59. The highest BCUT2D eigenvalue weighted by Crippen LogP contribution is 2.51. The molecular weight excluding hydrogens is 1360 g/mol. The SMILES string of the molecule is COC1OC(COP(=O)(O)OC2OC(COP(=O)(O)OC3OC(CO)C(OC(=O)c4ccccc4)C(OC(=O)c4ccccc4)C3OC(=O)c3ccccc3)C(OC(=O)c3ccccc3)C(OC(=O)c3ccccc3)C2OC(=O)c2ccccc2)C(OC(C)=O)C(OC(C)=O)C1OC(C)=O. The van der Waals surface area contributed by atoms with Crippen LogP contribution in [0.2, 0.25) is 0 Å². The van der Waals surface area contributed by atoms with Gasteiger partial charge in [0.25, 0.3) is 0 Å². The number of phosphoric ester groups is 2. The van der Waals surface area contributed by atoms with Crippen molar-refractivity contribution in [2.75, 3.05) is 26.9 Å². The summed E-state index contributed by atoms with van der Waals surface area (Å²) in [6, 6.07) is 42.6. The molecule has 33 heteroatoms. The molecule has 3 N–H and O–H groups in total. The van der Waals surface area contributed by atoms with Gasteiger partial charge < -0.3 is 76.5 Å². The normalized spacial score (nSPS) is 26.1. The molecule has 0 spiro atoms. The minimum atomic E-state index is -6.01. The number of ether oxygens (including phenoxy) is 13. The van der Waals surface area contributed by atoms with Gasteiger partial charge in [0.05, 0.1) is 53.2 Å². The molecule has 0 amide bonds. The molecule has 3 fully saturated rings. The summed E-state index contributed by atoms with van der Waals surface area (Å²) >= 11 is 0. The molecule has 6 aromatic rings. The van der Waals surface area contributed by atoms with Crippen LogP contribution < -0.4 is 0 Å². The maximum Gasteiger partial charge on any atom is 0.474 e. The Bertz CT molecular complexity index is 3890. The summed E-state index contributed by atoms with van der Waals surface area (Å²) in [6.45, 7) is -0.832. The van der Waals surface area contributed by atoms with Gasteiger partial charge in [-0.25, -0.2) is 37.9 Å². The van der Waals surface area contributed by atoms with Gasteiger partial charge in [0, 0.05) is 27.9 Å². The van der Waals surface area contributed by atoms with E-state index in [9.17, 15) is 67.2 Å². The average molecular weight is 1430 g/mol. The predicted octanol–water partition coefficient (Wildman–Crippen LogP) is 6.22. The van der Waals surface area contributed by atoms with Crippen molar-refractivity contribution < 1.29 is 147 Å². The molecule has 3 aliphatic rings. The van der Waals surface area contributed by atoms with Gasteiger partial charge in [0.2, 0.25) is 12.6 Å². The van der Waals surface area contributed by atoms with E-state index in [0.717, 1.165) is 27.9 Å². The molecule has 3 heterocycles. The van der Waals surface area contributed by atoms with Gasteiger partial charge in [-0.1, -0.05) is 109 Å². The van der Waals surface area contributed by atoms with Crippen LogP contribution in [0.25, 0.3) is 0 Å². The molecule has 17 unspecified atom stereocenters. The molecule has 31 nitrogen and oxygen atoms in total. The van der Waals surface area contributed by atoms with Crippen molar-refractivity contribution >= 4 is 69.4 Å². The lowest BCUT2D eigenvalue weighted by Gasteiger charge is -2.45. The number of aliphatic hydroxyl groups excluding tert-OH is 1. The summed E-state index contributed by atoms with van der Waals surface area (Å²) in [7, 11) is -10.8. The Hall–Kier alpha value is -9.43. The van der Waals surface area contributed by atoms with Crippen LogP contribution in [-0.4, -0.2) is 188 Å². The van der Waals surface area contributed by atoms with Crippen LogP contribution in [0.15, 0.2) is 182 Å². The van der Waals surface area contributed by atoms with E-state index in [0.29, 0.717) is 0 Å². The van der Waals surface area contributed by atoms with Gasteiger partial charge in [-0.05, 0) is 72.8 Å². The number of aliphatic hydroxyl groups is 1. The summed E-state index contributed by atoms with van der Waals surface area (Å²) < 4.78 is 127. The van der Waals surface area contributed by atoms with Crippen molar-refractivity contribution in [1.29, 1.82) is 0 Å². The smallest absolute Gasteiger partial charge is 0.456 e. The molecule has 0 aromatic heterocycles. The summed E-state index contributed by atoms with van der Waals surface area (Å²) in [5.74, 6) is -10.1. The van der Waals surface area contributed by atoms with Gasteiger partial charge >= 0.3 is 69.4 Å². The van der Waals surface area contributed by atoms with Crippen molar-refractivity contribution in [2.45, 2.75) is 113 Å². The average Bonchev–Trinajstić information content (AvgIpc) is 0.779. The molecular formula is C67H66O31P2. The maximum absolute atomic E-state index is 14.9. The van der Waals surface area contributed by atoms with Gasteiger partial charge in [-0.3, -0.25) is 32.5 Å². The van der Waals surface area contributed by atoms with Crippen LogP contribution in [0, 0.1) is 0 Å². The number of carbonyl (C=O) groups excluding carboxylic acids is 9. The van der Waals surface area contributed by atoms with E-state index in [-0.39, 0.29) is 33.4 Å². The molecule has 9 rings (SSSR count). The Morgan fingerprint density at radius 3 is 0.840 bits per heavy atom. The lowest BCUT2D eigenvalue weighted by atomic mass is 9.98. The lowest BCUT2D eigenvalue weighted by molar-refractivity contribution is -0.302. The van der Waals surface area contributed by atoms with Crippen LogP contribution in [0.4, 0.5) is 0 Å². The van der Waals surface area contributed by atoms with Gasteiger partial charge in [-0.15, -0.1) is 0 Å². The highest BCUT2D eigenvalue weighted by molar-refractivity contribution is 7.47. The van der Waals surface area contributed by atoms with Crippen molar-refractivity contribution in [1.82, 2.24) is 0 Å². The molecule has 6 aromatic carbocycles. The van der Waals surface area contributed by atoms with Gasteiger partial charge in [0.1, 0.15) is 18.3 Å². The molecule has 3 saturated heterocycles. The molecule has 17 atom stereocenters. The Balaban J connectivity index is 1.10. The molecule has 530 valence electrons. The second kappa shape index (κ2) is 34.6. The van der Waals surface area contributed by atoms with Crippen LogP contribution in [-0.2, 0) is 103 Å². The fourth-order valence-corrected chi connectivity index (χ4v) is 12.1. The largest absolute Gasteiger partial charge is 0.474 e. The van der Waals surface area contributed by atoms with Crippen molar-refractivity contribution in [3.63, 3.8) is 0 Å². The minimum Gasteiger partial charge on any atom is -0.456 e. The highest BCUT2D eigenvalue weighted by atomic mass is 31.2. The molecule has 0 aliphatic carbocycles. The van der Waals surface area contributed by atoms with Crippen molar-refractivity contribution in [2.24, 2.45) is 0 Å². The first-order chi connectivity index (χ1) is 47.9. The maximum atomic E-state index is 14.9. The molecule has 3 aliphatic heterocycles. The third-order valence-corrected chi connectivity index (χ3v) is 16.8. The standard InChI is InChI=1S/C67H66O31P2/c1-38(69)85-51-48(89-65(82-4)56(87-40(3)71)53(51)86-39(2)70)36-83-100(80,81)98-67-58(96-64(77)46-33-21-10-22-34-46)55(94-62(75)44-29-17-8-18-30-44)52(92-60(73)42-25-13-6-14-26-42)49(90-67)37-84-99(78,79)97-66-57(95-63(76)45-31-19-9-20-32-45)54(93-61(74)43-27-15-7-16-28-43)50(47(35-68)88-66)91-59(72)41-23-11-5-12-24-41/h5-34,47-58,65-68H,35-37H2,1-4H3,(H,78,79)(H,80,81). The molecule has 100 heavy (non-hydrogen) atoms. The zero-order valence-electron chi connectivity index (χ0n) is 53.3. The van der Waals surface area contributed by atoms with Crippen molar-refractivity contribution in [3.05, 3.63) is 215 Å². The Labute approximate surface area is 569 Å². The number of methoxy groups -OCH3 is 1. The number of hydrogen-bond acceptors (Lipinski definition) is 29. The number of phosphoric acid groups is 2. The molecule has 0 radical (unpaired) electrons. The number of rotatable bonds is 27. The van der Waals surface area contributed by atoms with Crippen LogP contribution in [0.3, 0.4) is 0 Å². The van der Waals surface area contributed by atoms with E-state index in [1.165, 1.54) is 158 Å². The summed E-state index contributed by atoms with van der Waals surface area (Å²) in [6.07, 6.45) is -31.0. The van der Waals surface area contributed by atoms with Crippen LogP contribution >= 0.6 is 15.6 Å². The zero-order valence-corrected chi connectivity index (χ0v) is 55.1. The van der Waals surface area contributed by atoms with E-state index < -0.39 is 181 Å². The first-order valence-electron chi connectivity index (χ1n) is 30.4. The number of carbonyl (C=O) groups is 9. The molecule has 0 bridgehead atoms. The van der Waals surface area contributed by atoms with E-state index >= 15 is 0 Å². The monoisotopic (exact) mass is 1430 g/mol. The second-order valence-corrected chi connectivity index (χ2v) is 24.7. The first kappa shape index (κ1) is 74.8. The third kappa shape index (κ3) is 19.9. The Morgan fingerprint density at radius 2 is 0.550 bits per heavy atom. The van der Waals surface area contributed by atoms with E-state index in [1.54, 1.807) is 24.3 Å². The zero-order chi connectivity index (χ0) is 71.7. The summed E-state index contributed by atoms with van der Waals surface area (Å²) in [4.78, 5) is 146. The van der Waals surface area contributed by atoms with Gasteiger partial charge in [-0.2, -0.15) is 0 Å². The third-order valence-electron chi connectivity index (χ3n) is 14.9. The van der Waals surface area contributed by atoms with E-state index in [4.69, 9.17) is 79.7 Å². The predicted molar refractivity (Wildman–Crippen MR) is 334 cm³/mol. The fourth-order valence-electron chi connectivity index (χ4n) is 10.4. The number of benzene rings is 6. The van der Waals surface area contributed by atoms with Crippen LogP contribution in [0.5, 0.6) is 0 Å². The summed E-state index contributed by atoms with van der Waals surface area (Å²) in [5, 5.41) is 11.0. The van der Waals surface area contributed by atoms with E-state index in [1.807, 2.05) is 0 Å². The minimum absolute atomic E-state index is 0.0502. The fraction of sp³-hybridized carbons (Fsp3) is 0.328. The second-order valence-electron chi connectivity index (χ2n) is 21.9. The number of esters is 9.